The van der Waals surface area contributed by atoms with E-state index in [-0.39, 0.29) is 11.3 Å². The summed E-state index contributed by atoms with van der Waals surface area (Å²) in [5.41, 5.74) is 0.580. The number of carbonyl (C=O) groups is 1. The predicted octanol–water partition coefficient (Wildman–Crippen LogP) is 2.04. The largest absolute Gasteiger partial charge is 0.495 e. The van der Waals surface area contributed by atoms with Crippen LogP contribution in [-0.2, 0) is 4.74 Å². The summed E-state index contributed by atoms with van der Waals surface area (Å²) < 4.78 is 17.4. The highest BCUT2D eigenvalue weighted by Gasteiger charge is 2.45. The Bertz CT molecular complexity index is 1190. The summed E-state index contributed by atoms with van der Waals surface area (Å²) in [7, 11) is 1.49. The second-order valence-corrected chi connectivity index (χ2v) is 8.73. The standard InChI is InChI=1S/C24H24BrNO8/c1-32-17-5-3-2-4-16(17)26-23(31)15-9-13-8-14(25)7-6-12(13)10-18(15)33-24-22(30)21(29)20(28)19(11-27)34-24/h2-10,19-22,24,27-30H,11H2,1H3,(H,26,31)/t19-,20+,21+,22-,24+/m0/s1. The number of fused-ring (bicyclic) bond motifs is 1. The minimum Gasteiger partial charge on any atom is -0.495 e. The summed E-state index contributed by atoms with van der Waals surface area (Å²) in [5.74, 6) is 0.0355. The fourth-order valence-electron chi connectivity index (χ4n) is 3.75. The molecule has 9 nitrogen and oxygen atoms in total. The summed E-state index contributed by atoms with van der Waals surface area (Å²) in [6.45, 7) is -0.600. The molecule has 1 heterocycles. The smallest absolute Gasteiger partial charge is 0.259 e. The lowest BCUT2D eigenvalue weighted by Gasteiger charge is -2.39. The van der Waals surface area contributed by atoms with E-state index < -0.39 is 43.2 Å². The van der Waals surface area contributed by atoms with Crippen molar-refractivity contribution in [2.24, 2.45) is 0 Å². The highest BCUT2D eigenvalue weighted by atomic mass is 79.9. The van der Waals surface area contributed by atoms with Gasteiger partial charge in [0.15, 0.2) is 0 Å². The highest BCUT2D eigenvalue weighted by Crippen LogP contribution is 2.33. The number of rotatable bonds is 6. The molecule has 1 aliphatic heterocycles. The maximum Gasteiger partial charge on any atom is 0.259 e. The van der Waals surface area contributed by atoms with Gasteiger partial charge in [-0.1, -0.05) is 34.1 Å². The first-order valence-corrected chi connectivity index (χ1v) is 11.3. The summed E-state index contributed by atoms with van der Waals surface area (Å²) in [6.07, 6.45) is -7.35. The summed E-state index contributed by atoms with van der Waals surface area (Å²) in [6, 6.07) is 15.6. The number of hydrogen-bond donors (Lipinski definition) is 5. The van der Waals surface area contributed by atoms with Crippen LogP contribution in [0, 0.1) is 0 Å². The normalized spacial score (nSPS) is 24.6. The number of anilines is 1. The topological polar surface area (TPSA) is 138 Å². The number of methoxy groups -OCH3 is 1. The zero-order valence-corrected chi connectivity index (χ0v) is 19.7. The zero-order valence-electron chi connectivity index (χ0n) is 18.1. The van der Waals surface area contributed by atoms with Gasteiger partial charge in [0.2, 0.25) is 6.29 Å². The van der Waals surface area contributed by atoms with E-state index in [0.717, 1.165) is 15.2 Å². The number of para-hydroxylation sites is 2. The third-order valence-electron chi connectivity index (χ3n) is 5.59. The van der Waals surface area contributed by atoms with Gasteiger partial charge in [0, 0.05) is 4.47 Å². The second-order valence-electron chi connectivity index (χ2n) is 7.81. The molecule has 0 aromatic heterocycles. The van der Waals surface area contributed by atoms with Crippen molar-refractivity contribution in [1.29, 1.82) is 0 Å². The molecule has 5 N–H and O–H groups in total. The molecule has 0 spiro atoms. The van der Waals surface area contributed by atoms with E-state index in [2.05, 4.69) is 21.2 Å². The number of aliphatic hydroxyl groups excluding tert-OH is 4. The Morgan fingerprint density at radius 1 is 1.00 bits per heavy atom. The van der Waals surface area contributed by atoms with E-state index in [0.29, 0.717) is 11.4 Å². The summed E-state index contributed by atoms with van der Waals surface area (Å²) in [5, 5.41) is 44.3. The molecule has 3 aromatic rings. The first kappa shape index (κ1) is 24.4. The predicted molar refractivity (Wildman–Crippen MR) is 127 cm³/mol. The van der Waals surface area contributed by atoms with Gasteiger partial charge < -0.3 is 40.0 Å². The zero-order chi connectivity index (χ0) is 24.4. The molecular weight excluding hydrogens is 510 g/mol. The Hall–Kier alpha value is -2.73. The molecule has 0 bridgehead atoms. The Morgan fingerprint density at radius 3 is 2.50 bits per heavy atom. The van der Waals surface area contributed by atoms with E-state index in [1.165, 1.54) is 7.11 Å². The first-order valence-electron chi connectivity index (χ1n) is 10.5. The molecule has 5 atom stereocenters. The first-order chi connectivity index (χ1) is 16.3. The van der Waals surface area contributed by atoms with Crippen molar-refractivity contribution in [2.75, 3.05) is 19.0 Å². The van der Waals surface area contributed by atoms with Gasteiger partial charge in [-0.15, -0.1) is 0 Å². The SMILES string of the molecule is COc1ccccc1NC(=O)c1cc2cc(Br)ccc2cc1O[C@@H]1O[C@@H](CO)[C@@H](O)[C@@H](O)[C@@H]1O. The van der Waals surface area contributed by atoms with E-state index in [1.807, 2.05) is 18.2 Å². The Morgan fingerprint density at radius 2 is 1.76 bits per heavy atom. The van der Waals surface area contributed by atoms with Crippen LogP contribution in [0.25, 0.3) is 10.8 Å². The third-order valence-corrected chi connectivity index (χ3v) is 6.09. The average Bonchev–Trinajstić information content (AvgIpc) is 2.84. The highest BCUT2D eigenvalue weighted by molar-refractivity contribution is 9.10. The van der Waals surface area contributed by atoms with Crippen molar-refractivity contribution < 1.29 is 39.4 Å². The monoisotopic (exact) mass is 533 g/mol. The lowest BCUT2D eigenvalue weighted by atomic mass is 9.99. The van der Waals surface area contributed by atoms with Crippen LogP contribution < -0.4 is 14.8 Å². The molecule has 0 radical (unpaired) electrons. The minimum atomic E-state index is -1.62. The second kappa shape index (κ2) is 10.3. The quantitative estimate of drug-likeness (QED) is 0.324. The van der Waals surface area contributed by atoms with E-state index in [1.54, 1.807) is 36.4 Å². The van der Waals surface area contributed by atoms with Crippen LogP contribution in [0.3, 0.4) is 0 Å². The molecule has 0 saturated carbocycles. The molecular formula is C24H24BrNO8. The molecule has 0 unspecified atom stereocenters. The maximum atomic E-state index is 13.3. The number of ether oxygens (including phenoxy) is 3. The lowest BCUT2D eigenvalue weighted by Crippen LogP contribution is -2.60. The van der Waals surface area contributed by atoms with Crippen LogP contribution in [-0.4, -0.2) is 70.8 Å². The van der Waals surface area contributed by atoms with Gasteiger partial charge in [0.25, 0.3) is 5.91 Å². The van der Waals surface area contributed by atoms with Gasteiger partial charge in [-0.3, -0.25) is 4.79 Å². The van der Waals surface area contributed by atoms with Crippen molar-refractivity contribution in [1.82, 2.24) is 0 Å². The van der Waals surface area contributed by atoms with Gasteiger partial charge in [0.1, 0.15) is 35.9 Å². The van der Waals surface area contributed by atoms with Crippen molar-refractivity contribution >= 4 is 38.3 Å². The molecule has 10 heteroatoms. The van der Waals surface area contributed by atoms with Gasteiger partial charge in [-0.05, 0) is 47.2 Å². The molecule has 3 aromatic carbocycles. The van der Waals surface area contributed by atoms with Crippen LogP contribution in [0.2, 0.25) is 0 Å². The van der Waals surface area contributed by atoms with Crippen LogP contribution in [0.5, 0.6) is 11.5 Å². The van der Waals surface area contributed by atoms with E-state index in [9.17, 15) is 25.2 Å². The third kappa shape index (κ3) is 4.88. The fraction of sp³-hybridized carbons (Fsp3) is 0.292. The van der Waals surface area contributed by atoms with Gasteiger partial charge >= 0.3 is 0 Å². The van der Waals surface area contributed by atoms with Gasteiger partial charge in [0.05, 0.1) is 25.0 Å². The molecule has 1 fully saturated rings. The molecule has 4 rings (SSSR count). The van der Waals surface area contributed by atoms with Crippen LogP contribution in [0.15, 0.2) is 59.1 Å². The van der Waals surface area contributed by atoms with Crippen molar-refractivity contribution in [3.8, 4) is 11.5 Å². The number of carbonyl (C=O) groups excluding carboxylic acids is 1. The van der Waals surface area contributed by atoms with Crippen molar-refractivity contribution in [3.63, 3.8) is 0 Å². The number of benzene rings is 3. The molecule has 1 saturated heterocycles. The number of nitrogens with one attached hydrogen (secondary N) is 1. The number of halogens is 1. The van der Waals surface area contributed by atoms with Crippen LogP contribution in [0.1, 0.15) is 10.4 Å². The van der Waals surface area contributed by atoms with Crippen LogP contribution in [0.4, 0.5) is 5.69 Å². The molecule has 34 heavy (non-hydrogen) atoms. The average molecular weight is 534 g/mol. The number of amides is 1. The van der Waals surface area contributed by atoms with Crippen molar-refractivity contribution in [2.45, 2.75) is 30.7 Å². The molecule has 180 valence electrons. The Labute approximate surface area is 203 Å². The molecule has 1 aliphatic rings. The molecule has 0 aliphatic carbocycles. The minimum absolute atomic E-state index is 0.0755. The summed E-state index contributed by atoms with van der Waals surface area (Å²) in [4.78, 5) is 13.3. The van der Waals surface area contributed by atoms with Gasteiger partial charge in [-0.2, -0.15) is 0 Å². The number of aliphatic hydroxyl groups is 4. The lowest BCUT2D eigenvalue weighted by molar-refractivity contribution is -0.277. The Balaban J connectivity index is 1.72. The van der Waals surface area contributed by atoms with Gasteiger partial charge in [-0.25, -0.2) is 0 Å². The van der Waals surface area contributed by atoms with E-state index in [4.69, 9.17) is 14.2 Å². The van der Waals surface area contributed by atoms with Crippen LogP contribution >= 0.6 is 15.9 Å². The maximum absolute atomic E-state index is 13.3. The Kier molecular flexibility index (Phi) is 7.36. The molecule has 1 amide bonds. The number of hydrogen-bond acceptors (Lipinski definition) is 8. The fourth-order valence-corrected chi connectivity index (χ4v) is 4.13. The van der Waals surface area contributed by atoms with E-state index >= 15 is 0 Å². The summed E-state index contributed by atoms with van der Waals surface area (Å²) >= 11 is 3.42. The van der Waals surface area contributed by atoms with Crippen molar-refractivity contribution in [3.05, 3.63) is 64.6 Å².